The number of carboxylic acids is 1. The molecule has 0 saturated heterocycles. The van der Waals surface area contributed by atoms with Crippen LogP contribution in [0.3, 0.4) is 0 Å². The van der Waals surface area contributed by atoms with Gasteiger partial charge in [-0.2, -0.15) is 0 Å². The Morgan fingerprint density at radius 3 is 2.72 bits per heavy atom. The minimum atomic E-state index is -1.19. The lowest BCUT2D eigenvalue weighted by atomic mass is 9.75. The van der Waals surface area contributed by atoms with E-state index in [1.54, 1.807) is 24.3 Å². The van der Waals surface area contributed by atoms with Gasteiger partial charge in [0.1, 0.15) is 11.9 Å². The molecule has 0 atom stereocenters. The second kappa shape index (κ2) is 7.00. The van der Waals surface area contributed by atoms with Crippen LogP contribution in [0.15, 0.2) is 30.6 Å². The van der Waals surface area contributed by atoms with Gasteiger partial charge in [-0.15, -0.1) is 5.10 Å². The van der Waals surface area contributed by atoms with E-state index >= 15 is 0 Å². The summed E-state index contributed by atoms with van der Waals surface area (Å²) in [5.74, 6) is -0.827. The molecule has 2 aromatic rings. The zero-order valence-corrected chi connectivity index (χ0v) is 14.1. The summed E-state index contributed by atoms with van der Waals surface area (Å²) >= 11 is 0. The Morgan fingerprint density at radius 2 is 2.12 bits per heavy atom. The maximum absolute atomic E-state index is 12.7. The van der Waals surface area contributed by atoms with Gasteiger partial charge in [-0.25, -0.2) is 9.48 Å². The molecule has 8 nitrogen and oxygen atoms in total. The fourth-order valence-electron chi connectivity index (χ4n) is 3.33. The number of hydrogen-bond donors (Lipinski definition) is 2. The van der Waals surface area contributed by atoms with Crippen molar-refractivity contribution in [3.63, 3.8) is 0 Å². The van der Waals surface area contributed by atoms with Crippen LogP contribution in [-0.4, -0.2) is 42.7 Å². The number of nitrogens with one attached hydrogen (secondary N) is 1. The van der Waals surface area contributed by atoms with Crippen molar-refractivity contribution in [1.29, 1.82) is 0 Å². The zero-order chi connectivity index (χ0) is 17.9. The van der Waals surface area contributed by atoms with E-state index in [-0.39, 0.29) is 0 Å². The Balaban J connectivity index is 1.78. The van der Waals surface area contributed by atoms with Crippen LogP contribution in [0.2, 0.25) is 0 Å². The number of rotatable bonds is 5. The Hall–Kier alpha value is -2.77. The summed E-state index contributed by atoms with van der Waals surface area (Å²) in [6.45, 7) is 2.11. The van der Waals surface area contributed by atoms with Crippen LogP contribution in [0.4, 0.5) is 0 Å². The normalized spacial score (nSPS) is 23.2. The molecule has 1 aliphatic carbocycles. The number of carbonyl (C=O) groups is 2. The second-order valence-electron chi connectivity index (χ2n) is 6.50. The topological polar surface area (TPSA) is 110 Å². The third-order valence-corrected chi connectivity index (χ3v) is 5.02. The Labute approximate surface area is 145 Å². The van der Waals surface area contributed by atoms with Crippen LogP contribution in [0.25, 0.3) is 5.69 Å². The van der Waals surface area contributed by atoms with Crippen LogP contribution in [0.5, 0.6) is 0 Å². The van der Waals surface area contributed by atoms with E-state index < -0.39 is 17.4 Å². The van der Waals surface area contributed by atoms with Crippen molar-refractivity contribution >= 4 is 11.9 Å². The molecule has 0 unspecified atom stereocenters. The molecule has 1 amide bonds. The summed E-state index contributed by atoms with van der Waals surface area (Å²) in [6.07, 6.45) is 5.01. The molecule has 2 N–H and O–H groups in total. The smallest absolute Gasteiger partial charge is 0.329 e. The average Bonchev–Trinajstić information content (AvgIpc) is 3.17. The van der Waals surface area contributed by atoms with Crippen LogP contribution in [-0.2, 0) is 4.79 Å². The fourth-order valence-corrected chi connectivity index (χ4v) is 3.33. The molecule has 0 radical (unpaired) electrons. The standard InChI is InChI=1S/C17H21N5O3/c1-2-12-6-8-17(9-7-12,16(24)25)19-15(23)13-4-3-5-14(10-13)22-11-18-20-21-22/h3-5,10-12H,2,6-9H2,1H3,(H,19,23)(H,24,25). The van der Waals surface area contributed by atoms with E-state index in [2.05, 4.69) is 27.8 Å². The quantitative estimate of drug-likeness (QED) is 0.857. The highest BCUT2D eigenvalue weighted by atomic mass is 16.4. The first-order valence-electron chi connectivity index (χ1n) is 8.43. The van der Waals surface area contributed by atoms with Gasteiger partial charge in [0.2, 0.25) is 0 Å². The number of tetrazole rings is 1. The SMILES string of the molecule is CCC1CCC(NC(=O)c2cccc(-n3cnnn3)c2)(C(=O)O)CC1. The van der Waals surface area contributed by atoms with Crippen LogP contribution < -0.4 is 5.32 Å². The van der Waals surface area contributed by atoms with E-state index in [1.165, 1.54) is 11.0 Å². The van der Waals surface area contributed by atoms with Crippen molar-refractivity contribution in [2.24, 2.45) is 5.92 Å². The van der Waals surface area contributed by atoms with Gasteiger partial charge >= 0.3 is 5.97 Å². The van der Waals surface area contributed by atoms with Gasteiger partial charge in [-0.3, -0.25) is 4.79 Å². The lowest BCUT2D eigenvalue weighted by molar-refractivity contribution is -0.146. The Morgan fingerprint density at radius 1 is 1.36 bits per heavy atom. The molecule has 0 bridgehead atoms. The van der Waals surface area contributed by atoms with Crippen LogP contribution >= 0.6 is 0 Å². The number of benzene rings is 1. The predicted octanol–water partition coefficient (Wildman–Crippen LogP) is 1.82. The van der Waals surface area contributed by atoms with Crippen molar-refractivity contribution in [3.05, 3.63) is 36.2 Å². The van der Waals surface area contributed by atoms with Gasteiger partial charge < -0.3 is 10.4 Å². The average molecular weight is 343 g/mol. The summed E-state index contributed by atoms with van der Waals surface area (Å²) in [7, 11) is 0. The molecule has 132 valence electrons. The first-order valence-corrected chi connectivity index (χ1v) is 8.43. The van der Waals surface area contributed by atoms with Crippen molar-refractivity contribution in [2.45, 2.75) is 44.6 Å². The van der Waals surface area contributed by atoms with Crippen molar-refractivity contribution in [2.75, 3.05) is 0 Å². The monoisotopic (exact) mass is 343 g/mol. The molecule has 25 heavy (non-hydrogen) atoms. The maximum Gasteiger partial charge on any atom is 0.329 e. The van der Waals surface area contributed by atoms with Gasteiger partial charge in [-0.1, -0.05) is 19.4 Å². The minimum Gasteiger partial charge on any atom is -0.480 e. The first-order chi connectivity index (χ1) is 12.0. The number of hydrogen-bond acceptors (Lipinski definition) is 5. The molecule has 1 saturated carbocycles. The number of carboxylic acid groups (broad SMARTS) is 1. The van der Waals surface area contributed by atoms with Gasteiger partial charge in [0.15, 0.2) is 0 Å². The minimum absolute atomic E-state index is 0.381. The highest BCUT2D eigenvalue weighted by molar-refractivity contribution is 5.98. The number of amides is 1. The van der Waals surface area contributed by atoms with E-state index in [0.29, 0.717) is 30.0 Å². The molecular formula is C17H21N5O3. The van der Waals surface area contributed by atoms with Crippen LogP contribution in [0, 0.1) is 5.92 Å². The molecule has 0 aliphatic heterocycles. The lowest BCUT2D eigenvalue weighted by Crippen LogP contribution is -2.56. The molecule has 0 spiro atoms. The lowest BCUT2D eigenvalue weighted by Gasteiger charge is -2.37. The zero-order valence-electron chi connectivity index (χ0n) is 14.1. The largest absolute Gasteiger partial charge is 0.480 e. The molecule has 1 fully saturated rings. The molecule has 1 aromatic carbocycles. The molecule has 1 heterocycles. The highest BCUT2D eigenvalue weighted by Gasteiger charge is 2.43. The molecular weight excluding hydrogens is 322 g/mol. The van der Waals surface area contributed by atoms with Crippen LogP contribution in [0.1, 0.15) is 49.4 Å². The predicted molar refractivity (Wildman–Crippen MR) is 89.2 cm³/mol. The first kappa shape index (κ1) is 17.1. The van der Waals surface area contributed by atoms with E-state index in [4.69, 9.17) is 0 Å². The third kappa shape index (κ3) is 3.52. The molecule has 3 rings (SSSR count). The number of carbonyl (C=O) groups excluding carboxylic acids is 1. The maximum atomic E-state index is 12.7. The number of nitrogens with zero attached hydrogens (tertiary/aromatic N) is 4. The number of aliphatic carboxylic acids is 1. The molecule has 1 aliphatic rings. The summed E-state index contributed by atoms with van der Waals surface area (Å²) in [4.78, 5) is 24.5. The van der Waals surface area contributed by atoms with Gasteiger partial charge in [0.05, 0.1) is 5.69 Å². The summed E-state index contributed by atoms with van der Waals surface area (Å²) < 4.78 is 1.44. The van der Waals surface area contributed by atoms with E-state index in [0.717, 1.165) is 19.3 Å². The van der Waals surface area contributed by atoms with Gasteiger partial charge in [0.25, 0.3) is 5.91 Å². The Bertz CT molecular complexity index is 751. The third-order valence-electron chi connectivity index (χ3n) is 5.02. The van der Waals surface area contributed by atoms with E-state index in [9.17, 15) is 14.7 Å². The number of aromatic nitrogens is 4. The van der Waals surface area contributed by atoms with Gasteiger partial charge in [0, 0.05) is 5.56 Å². The van der Waals surface area contributed by atoms with Crippen molar-refractivity contribution < 1.29 is 14.7 Å². The van der Waals surface area contributed by atoms with E-state index in [1.807, 2.05) is 0 Å². The molecule has 8 heteroatoms. The summed E-state index contributed by atoms with van der Waals surface area (Å²) in [5.41, 5.74) is -0.170. The summed E-state index contributed by atoms with van der Waals surface area (Å²) in [5, 5.41) is 23.4. The Kier molecular flexibility index (Phi) is 4.78. The van der Waals surface area contributed by atoms with Gasteiger partial charge in [-0.05, 0) is 60.2 Å². The van der Waals surface area contributed by atoms with Crippen molar-refractivity contribution in [3.8, 4) is 5.69 Å². The summed E-state index contributed by atoms with van der Waals surface area (Å²) in [6, 6.07) is 6.77. The second-order valence-corrected chi connectivity index (χ2v) is 6.50. The molecule has 1 aromatic heterocycles. The fraction of sp³-hybridized carbons (Fsp3) is 0.471. The highest BCUT2D eigenvalue weighted by Crippen LogP contribution is 2.34. The van der Waals surface area contributed by atoms with Crippen molar-refractivity contribution in [1.82, 2.24) is 25.5 Å².